The minimum atomic E-state index is -0.0146. The molecule has 1 saturated carbocycles. The molecule has 28 heavy (non-hydrogen) atoms. The number of carbonyl (C=O) groups excluding carboxylic acids is 2. The van der Waals surface area contributed by atoms with Gasteiger partial charge in [-0.05, 0) is 61.9 Å². The molecule has 0 saturated heterocycles. The third kappa shape index (κ3) is 6.06. The Morgan fingerprint density at radius 1 is 0.964 bits per heavy atom. The predicted molar refractivity (Wildman–Crippen MR) is 110 cm³/mol. The first-order valence-electron chi connectivity index (χ1n) is 9.81. The van der Waals surface area contributed by atoms with E-state index in [9.17, 15) is 9.59 Å². The van der Waals surface area contributed by atoms with Gasteiger partial charge in [-0.15, -0.1) is 0 Å². The Bertz CT molecular complexity index is 789. The Kier molecular flexibility index (Phi) is 7.43. The van der Waals surface area contributed by atoms with Gasteiger partial charge in [-0.2, -0.15) is 0 Å². The van der Waals surface area contributed by atoms with Crippen LogP contribution in [-0.2, 0) is 22.6 Å². The first kappa shape index (κ1) is 20.3. The highest BCUT2D eigenvalue weighted by molar-refractivity contribution is 6.30. The van der Waals surface area contributed by atoms with Gasteiger partial charge < -0.3 is 10.6 Å². The van der Waals surface area contributed by atoms with E-state index in [2.05, 4.69) is 15.6 Å². The largest absolute Gasteiger partial charge is 0.356 e. The summed E-state index contributed by atoms with van der Waals surface area (Å²) in [7, 11) is 0. The molecule has 1 aromatic heterocycles. The van der Waals surface area contributed by atoms with E-state index in [0.29, 0.717) is 18.1 Å². The topological polar surface area (TPSA) is 71.1 Å². The number of amides is 2. The number of rotatable bonds is 7. The van der Waals surface area contributed by atoms with Crippen molar-refractivity contribution in [3.63, 3.8) is 0 Å². The van der Waals surface area contributed by atoms with E-state index in [1.807, 2.05) is 42.5 Å². The highest BCUT2D eigenvalue weighted by atomic mass is 35.5. The van der Waals surface area contributed by atoms with Gasteiger partial charge in [0.05, 0.1) is 12.2 Å². The minimum absolute atomic E-state index is 0.000740. The Morgan fingerprint density at radius 2 is 1.68 bits per heavy atom. The zero-order valence-corrected chi connectivity index (χ0v) is 16.6. The first-order valence-corrected chi connectivity index (χ1v) is 10.2. The van der Waals surface area contributed by atoms with Crippen LogP contribution in [0.15, 0.2) is 48.7 Å². The van der Waals surface area contributed by atoms with Crippen molar-refractivity contribution in [2.75, 3.05) is 6.54 Å². The van der Waals surface area contributed by atoms with Crippen molar-refractivity contribution >= 4 is 23.4 Å². The highest BCUT2D eigenvalue weighted by Gasteiger charge is 2.29. The van der Waals surface area contributed by atoms with Crippen molar-refractivity contribution in [3.05, 3.63) is 64.9 Å². The quantitative estimate of drug-likeness (QED) is 0.748. The second kappa shape index (κ2) is 10.2. The van der Waals surface area contributed by atoms with Crippen LogP contribution < -0.4 is 10.6 Å². The van der Waals surface area contributed by atoms with Crippen molar-refractivity contribution < 1.29 is 9.59 Å². The molecule has 0 unspecified atom stereocenters. The van der Waals surface area contributed by atoms with Gasteiger partial charge >= 0.3 is 0 Å². The van der Waals surface area contributed by atoms with Crippen molar-refractivity contribution in [2.24, 2.45) is 11.8 Å². The molecule has 3 rings (SSSR count). The van der Waals surface area contributed by atoms with Gasteiger partial charge in [-0.1, -0.05) is 29.8 Å². The summed E-state index contributed by atoms with van der Waals surface area (Å²) in [5.74, 6) is 0.137. The SMILES string of the molecule is O=C(NCCc1cccc(Cl)c1)C1CCC(C(=O)NCc2ccccn2)CC1. The molecule has 2 N–H and O–H groups in total. The molecule has 0 aliphatic heterocycles. The van der Waals surface area contributed by atoms with Crippen LogP contribution in [0.2, 0.25) is 5.02 Å². The number of pyridine rings is 1. The van der Waals surface area contributed by atoms with E-state index >= 15 is 0 Å². The predicted octanol–water partition coefficient (Wildman–Crippen LogP) is 3.52. The molecule has 1 heterocycles. The fourth-order valence-corrected chi connectivity index (χ4v) is 3.82. The van der Waals surface area contributed by atoms with E-state index < -0.39 is 0 Å². The maximum atomic E-state index is 12.4. The second-order valence-electron chi connectivity index (χ2n) is 7.26. The van der Waals surface area contributed by atoms with Crippen molar-refractivity contribution in [1.29, 1.82) is 0 Å². The van der Waals surface area contributed by atoms with Gasteiger partial charge in [-0.25, -0.2) is 0 Å². The fourth-order valence-electron chi connectivity index (χ4n) is 3.61. The van der Waals surface area contributed by atoms with E-state index in [-0.39, 0.29) is 23.7 Å². The number of aromatic nitrogens is 1. The van der Waals surface area contributed by atoms with Crippen LogP contribution >= 0.6 is 11.6 Å². The lowest BCUT2D eigenvalue weighted by Gasteiger charge is -2.27. The number of benzene rings is 1. The summed E-state index contributed by atoms with van der Waals surface area (Å²) < 4.78 is 0. The Labute approximate surface area is 170 Å². The number of nitrogens with zero attached hydrogens (tertiary/aromatic N) is 1. The standard InChI is InChI=1S/C22H26ClN3O2/c23-19-5-3-4-16(14-19)11-13-25-21(27)17-7-9-18(10-8-17)22(28)26-15-20-6-1-2-12-24-20/h1-6,12,14,17-18H,7-11,13,15H2,(H,25,27)(H,26,28). The molecule has 0 bridgehead atoms. The zero-order chi connectivity index (χ0) is 19.8. The normalized spacial score (nSPS) is 19.0. The summed E-state index contributed by atoms with van der Waals surface area (Å²) in [5.41, 5.74) is 1.96. The lowest BCUT2D eigenvalue weighted by Crippen LogP contribution is -2.38. The van der Waals surface area contributed by atoms with Crippen LogP contribution in [0.3, 0.4) is 0 Å². The van der Waals surface area contributed by atoms with Crippen LogP contribution in [0.4, 0.5) is 0 Å². The molecule has 148 valence electrons. The molecule has 2 aromatic rings. The molecule has 0 atom stereocenters. The number of hydrogen-bond acceptors (Lipinski definition) is 3. The summed E-state index contributed by atoms with van der Waals surface area (Å²) in [6, 6.07) is 13.3. The third-order valence-electron chi connectivity index (χ3n) is 5.24. The van der Waals surface area contributed by atoms with Gasteiger partial charge in [0.15, 0.2) is 0 Å². The van der Waals surface area contributed by atoms with E-state index in [0.717, 1.165) is 43.4 Å². The average Bonchev–Trinajstić information content (AvgIpc) is 2.73. The molecular formula is C22H26ClN3O2. The molecular weight excluding hydrogens is 374 g/mol. The molecule has 6 heteroatoms. The third-order valence-corrected chi connectivity index (χ3v) is 5.48. The molecule has 5 nitrogen and oxygen atoms in total. The summed E-state index contributed by atoms with van der Waals surface area (Å²) in [6.07, 6.45) is 5.49. The summed E-state index contributed by atoms with van der Waals surface area (Å²) in [6.45, 7) is 1.05. The summed E-state index contributed by atoms with van der Waals surface area (Å²) in [5, 5.41) is 6.69. The smallest absolute Gasteiger partial charge is 0.223 e. The van der Waals surface area contributed by atoms with Crippen LogP contribution in [0.5, 0.6) is 0 Å². The number of hydrogen-bond donors (Lipinski definition) is 2. The van der Waals surface area contributed by atoms with Gasteiger partial charge in [0.1, 0.15) is 0 Å². The van der Waals surface area contributed by atoms with E-state index in [4.69, 9.17) is 11.6 Å². The number of nitrogens with one attached hydrogen (secondary N) is 2. The Balaban J connectivity index is 1.35. The van der Waals surface area contributed by atoms with Gasteiger partial charge in [0.2, 0.25) is 11.8 Å². The molecule has 1 aliphatic carbocycles. The maximum absolute atomic E-state index is 12.4. The molecule has 1 aliphatic rings. The highest BCUT2D eigenvalue weighted by Crippen LogP contribution is 2.29. The van der Waals surface area contributed by atoms with Crippen LogP contribution in [0.1, 0.15) is 36.9 Å². The Morgan fingerprint density at radius 3 is 2.32 bits per heavy atom. The van der Waals surface area contributed by atoms with Crippen molar-refractivity contribution in [3.8, 4) is 0 Å². The molecule has 1 aromatic carbocycles. The van der Waals surface area contributed by atoms with Gasteiger partial charge in [-0.3, -0.25) is 14.6 Å². The average molecular weight is 400 g/mol. The molecule has 0 radical (unpaired) electrons. The fraction of sp³-hybridized carbons (Fsp3) is 0.409. The number of carbonyl (C=O) groups is 2. The van der Waals surface area contributed by atoms with Gasteiger partial charge in [0, 0.05) is 29.6 Å². The lowest BCUT2D eigenvalue weighted by molar-refractivity contribution is -0.130. The Hall–Kier alpha value is -2.40. The van der Waals surface area contributed by atoms with Crippen molar-refractivity contribution in [2.45, 2.75) is 38.6 Å². The van der Waals surface area contributed by atoms with Crippen LogP contribution in [0, 0.1) is 11.8 Å². The minimum Gasteiger partial charge on any atom is -0.356 e. The summed E-state index contributed by atoms with van der Waals surface area (Å²) >= 11 is 5.98. The van der Waals surface area contributed by atoms with Crippen LogP contribution in [0.25, 0.3) is 0 Å². The monoisotopic (exact) mass is 399 g/mol. The lowest BCUT2D eigenvalue weighted by atomic mass is 9.81. The summed E-state index contributed by atoms with van der Waals surface area (Å²) in [4.78, 5) is 29.0. The second-order valence-corrected chi connectivity index (χ2v) is 7.69. The van der Waals surface area contributed by atoms with E-state index in [1.165, 1.54) is 0 Å². The maximum Gasteiger partial charge on any atom is 0.223 e. The number of halogens is 1. The first-order chi connectivity index (χ1) is 13.6. The molecule has 0 spiro atoms. The van der Waals surface area contributed by atoms with Crippen LogP contribution in [-0.4, -0.2) is 23.3 Å². The van der Waals surface area contributed by atoms with E-state index in [1.54, 1.807) is 6.20 Å². The van der Waals surface area contributed by atoms with Gasteiger partial charge in [0.25, 0.3) is 0 Å². The van der Waals surface area contributed by atoms with Crippen molar-refractivity contribution in [1.82, 2.24) is 15.6 Å². The zero-order valence-electron chi connectivity index (χ0n) is 15.9. The molecule has 2 amide bonds. The molecule has 1 fully saturated rings.